The highest BCUT2D eigenvalue weighted by atomic mass is 16.4. The molecule has 5 nitrogen and oxygen atoms in total. The number of hydrogen-bond acceptors (Lipinski definition) is 3. The number of pyridine rings is 1. The van der Waals surface area contributed by atoms with Gasteiger partial charge in [0.05, 0.1) is 5.56 Å². The molecule has 1 heterocycles. The molecule has 2 rings (SSSR count). The molecule has 1 aromatic heterocycles. The second-order valence-electron chi connectivity index (χ2n) is 4.34. The normalized spacial score (nSPS) is 10.5. The van der Waals surface area contributed by atoms with E-state index in [4.69, 9.17) is 5.11 Å². The highest BCUT2D eigenvalue weighted by Gasteiger charge is 2.02. The van der Waals surface area contributed by atoms with Crippen molar-refractivity contribution in [1.82, 2.24) is 10.3 Å². The molecule has 0 fully saturated rings. The molecule has 0 aliphatic rings. The molecule has 1 amide bonds. The maximum Gasteiger partial charge on any atom is 0.335 e. The van der Waals surface area contributed by atoms with Gasteiger partial charge in [-0.25, -0.2) is 4.79 Å². The van der Waals surface area contributed by atoms with E-state index in [0.717, 1.165) is 11.1 Å². The van der Waals surface area contributed by atoms with Gasteiger partial charge in [0.1, 0.15) is 0 Å². The van der Waals surface area contributed by atoms with E-state index >= 15 is 0 Å². The van der Waals surface area contributed by atoms with Crippen molar-refractivity contribution in [3.63, 3.8) is 0 Å². The lowest BCUT2D eigenvalue weighted by Gasteiger charge is -2.03. The van der Waals surface area contributed by atoms with E-state index in [9.17, 15) is 9.59 Å². The molecule has 0 radical (unpaired) electrons. The first-order chi connectivity index (χ1) is 10.1. The van der Waals surface area contributed by atoms with E-state index in [2.05, 4.69) is 10.3 Å². The van der Waals surface area contributed by atoms with Gasteiger partial charge in [0.25, 0.3) is 0 Å². The Bertz CT molecular complexity index is 649. The summed E-state index contributed by atoms with van der Waals surface area (Å²) in [5, 5.41) is 11.5. The Morgan fingerprint density at radius 3 is 2.57 bits per heavy atom. The molecule has 0 saturated heterocycles. The van der Waals surface area contributed by atoms with Crippen LogP contribution in [0.5, 0.6) is 0 Å². The molecule has 0 saturated carbocycles. The van der Waals surface area contributed by atoms with Gasteiger partial charge in [0.2, 0.25) is 5.91 Å². The summed E-state index contributed by atoms with van der Waals surface area (Å²) in [6, 6.07) is 10.0. The van der Waals surface area contributed by atoms with Crippen molar-refractivity contribution >= 4 is 18.0 Å². The Labute approximate surface area is 122 Å². The number of carboxylic acids is 1. The van der Waals surface area contributed by atoms with Crippen LogP contribution in [0.25, 0.3) is 6.08 Å². The Kier molecular flexibility index (Phi) is 4.82. The molecular weight excluding hydrogens is 268 g/mol. The van der Waals surface area contributed by atoms with Crippen LogP contribution in [0.1, 0.15) is 21.5 Å². The average molecular weight is 282 g/mol. The SMILES string of the molecule is O=C(/C=C/c1cccnc1)NCc1ccc(C(=O)O)cc1. The Hall–Kier alpha value is -2.95. The van der Waals surface area contributed by atoms with Gasteiger partial charge in [0, 0.05) is 25.0 Å². The minimum Gasteiger partial charge on any atom is -0.478 e. The second-order valence-corrected chi connectivity index (χ2v) is 4.34. The van der Waals surface area contributed by atoms with Crippen molar-refractivity contribution in [1.29, 1.82) is 0 Å². The zero-order valence-electron chi connectivity index (χ0n) is 11.2. The molecule has 0 atom stereocenters. The van der Waals surface area contributed by atoms with Crippen LogP contribution in [0, 0.1) is 0 Å². The van der Waals surface area contributed by atoms with Crippen LogP contribution in [0.2, 0.25) is 0 Å². The van der Waals surface area contributed by atoms with Gasteiger partial charge in [-0.3, -0.25) is 9.78 Å². The minimum absolute atomic E-state index is 0.221. The first kappa shape index (κ1) is 14.5. The lowest BCUT2D eigenvalue weighted by molar-refractivity contribution is -0.116. The average Bonchev–Trinajstić information content (AvgIpc) is 2.52. The summed E-state index contributed by atoms with van der Waals surface area (Å²) >= 11 is 0. The Balaban J connectivity index is 1.86. The highest BCUT2D eigenvalue weighted by Crippen LogP contribution is 2.04. The van der Waals surface area contributed by atoms with Crippen LogP contribution in [0.15, 0.2) is 54.9 Å². The van der Waals surface area contributed by atoms with E-state index in [1.807, 2.05) is 6.07 Å². The summed E-state index contributed by atoms with van der Waals surface area (Å²) in [4.78, 5) is 26.3. The number of nitrogens with zero attached hydrogens (tertiary/aromatic N) is 1. The molecule has 2 aromatic rings. The van der Waals surface area contributed by atoms with Crippen molar-refractivity contribution < 1.29 is 14.7 Å². The van der Waals surface area contributed by atoms with Crippen LogP contribution in [-0.2, 0) is 11.3 Å². The second kappa shape index (κ2) is 7.00. The summed E-state index contributed by atoms with van der Waals surface area (Å²) in [5.74, 6) is -1.19. The molecule has 1 aromatic carbocycles. The monoisotopic (exact) mass is 282 g/mol. The first-order valence-electron chi connectivity index (χ1n) is 6.33. The number of benzene rings is 1. The zero-order valence-corrected chi connectivity index (χ0v) is 11.2. The standard InChI is InChI=1S/C16H14N2O3/c19-15(8-5-12-2-1-9-17-10-12)18-11-13-3-6-14(7-4-13)16(20)21/h1-10H,11H2,(H,18,19)(H,20,21)/b8-5+. The lowest BCUT2D eigenvalue weighted by Crippen LogP contribution is -2.20. The van der Waals surface area contributed by atoms with Gasteiger partial charge < -0.3 is 10.4 Å². The summed E-state index contributed by atoms with van der Waals surface area (Å²) in [5.41, 5.74) is 1.91. The third-order valence-electron chi connectivity index (χ3n) is 2.78. The summed E-state index contributed by atoms with van der Waals surface area (Å²) in [7, 11) is 0. The van der Waals surface area contributed by atoms with Gasteiger partial charge in [-0.1, -0.05) is 18.2 Å². The van der Waals surface area contributed by atoms with Crippen LogP contribution in [-0.4, -0.2) is 22.0 Å². The number of amides is 1. The van der Waals surface area contributed by atoms with Crippen molar-refractivity contribution in [2.45, 2.75) is 6.54 Å². The van der Waals surface area contributed by atoms with Crippen molar-refractivity contribution in [3.05, 3.63) is 71.6 Å². The Morgan fingerprint density at radius 1 is 1.19 bits per heavy atom. The number of rotatable bonds is 5. The van der Waals surface area contributed by atoms with E-state index in [1.165, 1.54) is 18.2 Å². The van der Waals surface area contributed by atoms with E-state index in [1.54, 1.807) is 36.7 Å². The molecule has 0 aliphatic carbocycles. The number of nitrogens with one attached hydrogen (secondary N) is 1. The predicted octanol–water partition coefficient (Wildman–Crippen LogP) is 2.11. The molecule has 0 unspecified atom stereocenters. The van der Waals surface area contributed by atoms with Crippen LogP contribution in [0.3, 0.4) is 0 Å². The van der Waals surface area contributed by atoms with Gasteiger partial charge in [-0.05, 0) is 35.4 Å². The summed E-state index contributed by atoms with van der Waals surface area (Å²) < 4.78 is 0. The van der Waals surface area contributed by atoms with Crippen LogP contribution >= 0.6 is 0 Å². The third-order valence-corrected chi connectivity index (χ3v) is 2.78. The highest BCUT2D eigenvalue weighted by molar-refractivity contribution is 5.91. The number of aromatic carboxylic acids is 1. The quantitative estimate of drug-likeness (QED) is 0.823. The minimum atomic E-state index is -0.968. The molecule has 21 heavy (non-hydrogen) atoms. The number of aromatic nitrogens is 1. The number of hydrogen-bond donors (Lipinski definition) is 2. The molecule has 0 aliphatic heterocycles. The van der Waals surface area contributed by atoms with E-state index in [0.29, 0.717) is 6.54 Å². The fourth-order valence-electron chi connectivity index (χ4n) is 1.66. The van der Waals surface area contributed by atoms with Gasteiger partial charge >= 0.3 is 5.97 Å². The van der Waals surface area contributed by atoms with Gasteiger partial charge in [-0.15, -0.1) is 0 Å². The fourth-order valence-corrected chi connectivity index (χ4v) is 1.66. The summed E-state index contributed by atoms with van der Waals surface area (Å²) in [6.45, 7) is 0.343. The maximum absolute atomic E-state index is 11.7. The van der Waals surface area contributed by atoms with Crippen LogP contribution in [0.4, 0.5) is 0 Å². The fraction of sp³-hybridized carbons (Fsp3) is 0.0625. The molecule has 0 spiro atoms. The molecule has 0 bridgehead atoms. The van der Waals surface area contributed by atoms with Crippen molar-refractivity contribution in [3.8, 4) is 0 Å². The zero-order chi connectivity index (χ0) is 15.1. The molecular formula is C16H14N2O3. The van der Waals surface area contributed by atoms with E-state index < -0.39 is 5.97 Å². The predicted molar refractivity (Wildman–Crippen MR) is 78.5 cm³/mol. The van der Waals surface area contributed by atoms with Crippen molar-refractivity contribution in [2.24, 2.45) is 0 Å². The number of carboxylic acid groups (broad SMARTS) is 1. The third kappa shape index (κ3) is 4.58. The topological polar surface area (TPSA) is 79.3 Å². The number of carbonyl (C=O) groups excluding carboxylic acids is 1. The lowest BCUT2D eigenvalue weighted by atomic mass is 10.1. The first-order valence-corrected chi connectivity index (χ1v) is 6.33. The van der Waals surface area contributed by atoms with Gasteiger partial charge in [-0.2, -0.15) is 0 Å². The largest absolute Gasteiger partial charge is 0.478 e. The van der Waals surface area contributed by atoms with Gasteiger partial charge in [0.15, 0.2) is 0 Å². The van der Waals surface area contributed by atoms with E-state index in [-0.39, 0.29) is 11.5 Å². The number of carbonyl (C=O) groups is 2. The Morgan fingerprint density at radius 2 is 1.95 bits per heavy atom. The smallest absolute Gasteiger partial charge is 0.335 e. The van der Waals surface area contributed by atoms with Crippen molar-refractivity contribution in [2.75, 3.05) is 0 Å². The summed E-state index contributed by atoms with van der Waals surface area (Å²) in [6.07, 6.45) is 6.44. The molecule has 106 valence electrons. The molecule has 5 heteroatoms. The maximum atomic E-state index is 11.7. The van der Waals surface area contributed by atoms with Crippen LogP contribution < -0.4 is 5.32 Å². The molecule has 2 N–H and O–H groups in total.